The van der Waals surface area contributed by atoms with Crippen molar-refractivity contribution in [3.8, 4) is 0 Å². The first-order valence-electron chi connectivity index (χ1n) is 7.54. The number of hydrogen-bond acceptors (Lipinski definition) is 2. The van der Waals surface area contributed by atoms with Crippen molar-refractivity contribution in [2.24, 2.45) is 0 Å². The summed E-state index contributed by atoms with van der Waals surface area (Å²) in [6.45, 7) is 7.44. The highest BCUT2D eigenvalue weighted by atomic mass is 35.5. The van der Waals surface area contributed by atoms with E-state index in [0.717, 1.165) is 31.5 Å². The zero-order valence-electron chi connectivity index (χ0n) is 13.5. The Bertz CT molecular complexity index is 376. The third kappa shape index (κ3) is 10.4. The fourth-order valence-corrected chi connectivity index (χ4v) is 1.99. The standard InChI is InChI=1S/C9H9ClO.C6H12FN.C2H6/c1-7(11)6-8-2-4-9(10)5-3-8;1-8-4-2-6(7)3-5-8;1-2/h2-5H,6H2,1H3;6H,2-5H2,1H3;1-2H3. The Kier molecular flexibility index (Phi) is 11.2. The van der Waals surface area contributed by atoms with Gasteiger partial charge in [0.2, 0.25) is 0 Å². The van der Waals surface area contributed by atoms with Gasteiger partial charge < -0.3 is 4.90 Å². The second-order valence-electron chi connectivity index (χ2n) is 4.98. The molecule has 1 heterocycles. The largest absolute Gasteiger partial charge is 0.306 e. The number of piperidine rings is 1. The molecular formula is C17H27ClFNO. The predicted molar refractivity (Wildman–Crippen MR) is 88.8 cm³/mol. The molecule has 0 spiro atoms. The number of ketones is 1. The van der Waals surface area contributed by atoms with E-state index in [4.69, 9.17) is 11.6 Å². The average molecular weight is 316 g/mol. The van der Waals surface area contributed by atoms with Crippen LogP contribution in [0.5, 0.6) is 0 Å². The number of nitrogens with zero attached hydrogens (tertiary/aromatic N) is 1. The molecule has 2 rings (SSSR count). The van der Waals surface area contributed by atoms with Crippen LogP contribution in [0.1, 0.15) is 39.2 Å². The van der Waals surface area contributed by atoms with E-state index in [1.54, 1.807) is 19.1 Å². The Hall–Kier alpha value is -0.930. The lowest BCUT2D eigenvalue weighted by atomic mass is 10.1. The molecular weight excluding hydrogens is 289 g/mol. The highest BCUT2D eigenvalue weighted by molar-refractivity contribution is 6.30. The summed E-state index contributed by atoms with van der Waals surface area (Å²) in [5, 5.41) is 0.706. The van der Waals surface area contributed by atoms with Crippen LogP contribution in [0, 0.1) is 0 Å². The normalized spacial score (nSPS) is 15.3. The molecule has 1 saturated heterocycles. The molecule has 0 bridgehead atoms. The minimum absolute atomic E-state index is 0.173. The molecule has 1 aromatic rings. The van der Waals surface area contributed by atoms with Crippen molar-refractivity contribution in [2.75, 3.05) is 20.1 Å². The average Bonchev–Trinajstić information content (AvgIpc) is 2.47. The first-order chi connectivity index (χ1) is 9.97. The van der Waals surface area contributed by atoms with E-state index in [0.29, 0.717) is 11.4 Å². The Labute approximate surface area is 133 Å². The van der Waals surface area contributed by atoms with Gasteiger partial charge in [-0.3, -0.25) is 4.79 Å². The summed E-state index contributed by atoms with van der Waals surface area (Å²) in [4.78, 5) is 12.8. The fourth-order valence-electron chi connectivity index (χ4n) is 1.87. The van der Waals surface area contributed by atoms with Crippen molar-refractivity contribution in [3.63, 3.8) is 0 Å². The lowest BCUT2D eigenvalue weighted by Crippen LogP contribution is -2.30. The van der Waals surface area contributed by atoms with Gasteiger partial charge in [0, 0.05) is 24.5 Å². The van der Waals surface area contributed by atoms with Crippen LogP contribution < -0.4 is 0 Å². The number of hydrogen-bond donors (Lipinski definition) is 0. The highest BCUT2D eigenvalue weighted by Crippen LogP contribution is 2.10. The van der Waals surface area contributed by atoms with Crippen LogP contribution in [0.3, 0.4) is 0 Å². The number of halogens is 2. The number of alkyl halides is 1. The monoisotopic (exact) mass is 315 g/mol. The van der Waals surface area contributed by atoms with Crippen LogP contribution in [0.4, 0.5) is 4.39 Å². The molecule has 1 fully saturated rings. The lowest BCUT2D eigenvalue weighted by molar-refractivity contribution is -0.116. The number of benzene rings is 1. The maximum atomic E-state index is 12.3. The Morgan fingerprint density at radius 2 is 1.71 bits per heavy atom. The number of rotatable bonds is 2. The number of Topliss-reactive ketones (excluding diaryl/α,β-unsaturated/α-hetero) is 1. The van der Waals surface area contributed by atoms with Gasteiger partial charge in [0.05, 0.1) is 0 Å². The van der Waals surface area contributed by atoms with Gasteiger partial charge in [-0.05, 0) is 44.5 Å². The van der Waals surface area contributed by atoms with Crippen LogP contribution in [0.15, 0.2) is 24.3 Å². The Balaban J connectivity index is 0.000000354. The summed E-state index contributed by atoms with van der Waals surface area (Å²) in [6, 6.07) is 7.31. The lowest BCUT2D eigenvalue weighted by Gasteiger charge is -2.23. The minimum Gasteiger partial charge on any atom is -0.306 e. The molecule has 1 aliphatic rings. The SMILES string of the molecule is CC.CC(=O)Cc1ccc(Cl)cc1.CN1CCC(F)CC1. The zero-order chi connectivity index (χ0) is 16.3. The van der Waals surface area contributed by atoms with Gasteiger partial charge in [0.15, 0.2) is 0 Å². The molecule has 0 saturated carbocycles. The summed E-state index contributed by atoms with van der Waals surface area (Å²) in [5.41, 5.74) is 1.02. The second kappa shape index (κ2) is 11.7. The topological polar surface area (TPSA) is 20.3 Å². The minimum atomic E-state index is -0.522. The van der Waals surface area contributed by atoms with Gasteiger partial charge in [-0.1, -0.05) is 37.6 Å². The molecule has 1 aromatic carbocycles. The number of likely N-dealkylation sites (tertiary alicyclic amines) is 1. The number of carbonyl (C=O) groups is 1. The molecule has 0 atom stereocenters. The first-order valence-corrected chi connectivity index (χ1v) is 7.91. The molecule has 1 aliphatic heterocycles. The molecule has 2 nitrogen and oxygen atoms in total. The van der Waals surface area contributed by atoms with Crippen molar-refractivity contribution in [3.05, 3.63) is 34.9 Å². The summed E-state index contributed by atoms with van der Waals surface area (Å²) in [6.07, 6.45) is 1.44. The van der Waals surface area contributed by atoms with E-state index >= 15 is 0 Å². The Morgan fingerprint density at radius 3 is 2.10 bits per heavy atom. The third-order valence-electron chi connectivity index (χ3n) is 3.01. The van der Waals surface area contributed by atoms with E-state index < -0.39 is 6.17 Å². The maximum absolute atomic E-state index is 12.3. The fraction of sp³-hybridized carbons (Fsp3) is 0.588. The molecule has 120 valence electrons. The molecule has 4 heteroatoms. The van der Waals surface area contributed by atoms with Crippen molar-refractivity contribution in [2.45, 2.75) is 46.2 Å². The van der Waals surface area contributed by atoms with Gasteiger partial charge in [-0.15, -0.1) is 0 Å². The maximum Gasteiger partial charge on any atom is 0.134 e. The Morgan fingerprint density at radius 1 is 1.24 bits per heavy atom. The van der Waals surface area contributed by atoms with E-state index in [9.17, 15) is 9.18 Å². The molecule has 0 N–H and O–H groups in total. The first kappa shape index (κ1) is 20.1. The summed E-state index contributed by atoms with van der Waals surface area (Å²) < 4.78 is 12.3. The second-order valence-corrected chi connectivity index (χ2v) is 5.42. The van der Waals surface area contributed by atoms with Crippen molar-refractivity contribution >= 4 is 17.4 Å². The van der Waals surface area contributed by atoms with Gasteiger partial charge in [-0.2, -0.15) is 0 Å². The number of carbonyl (C=O) groups excluding carboxylic acids is 1. The molecule has 0 aliphatic carbocycles. The quantitative estimate of drug-likeness (QED) is 0.798. The van der Waals surface area contributed by atoms with Crippen LogP contribution >= 0.6 is 11.6 Å². The molecule has 0 unspecified atom stereocenters. The van der Waals surface area contributed by atoms with Gasteiger partial charge in [0.25, 0.3) is 0 Å². The van der Waals surface area contributed by atoms with Crippen LogP contribution in [0.2, 0.25) is 5.02 Å². The zero-order valence-corrected chi connectivity index (χ0v) is 14.3. The molecule has 0 aromatic heterocycles. The van der Waals surface area contributed by atoms with E-state index in [-0.39, 0.29) is 5.78 Å². The molecule has 21 heavy (non-hydrogen) atoms. The summed E-state index contributed by atoms with van der Waals surface area (Å²) in [7, 11) is 2.03. The van der Waals surface area contributed by atoms with E-state index in [1.165, 1.54) is 0 Å². The van der Waals surface area contributed by atoms with Crippen molar-refractivity contribution in [1.82, 2.24) is 4.90 Å². The van der Waals surface area contributed by atoms with Gasteiger partial charge >= 0.3 is 0 Å². The van der Waals surface area contributed by atoms with Gasteiger partial charge in [-0.25, -0.2) is 4.39 Å². The molecule has 0 radical (unpaired) electrons. The van der Waals surface area contributed by atoms with Crippen molar-refractivity contribution < 1.29 is 9.18 Å². The van der Waals surface area contributed by atoms with Gasteiger partial charge in [0.1, 0.15) is 12.0 Å². The summed E-state index contributed by atoms with van der Waals surface area (Å²) in [5.74, 6) is 0.173. The van der Waals surface area contributed by atoms with Crippen molar-refractivity contribution in [1.29, 1.82) is 0 Å². The molecule has 0 amide bonds. The van der Waals surface area contributed by atoms with E-state index in [1.807, 2.05) is 33.0 Å². The van der Waals surface area contributed by atoms with Crippen LogP contribution in [0.25, 0.3) is 0 Å². The van der Waals surface area contributed by atoms with Crippen LogP contribution in [-0.2, 0) is 11.2 Å². The van der Waals surface area contributed by atoms with E-state index in [2.05, 4.69) is 4.90 Å². The van der Waals surface area contributed by atoms with Crippen LogP contribution in [-0.4, -0.2) is 37.0 Å². The third-order valence-corrected chi connectivity index (χ3v) is 3.27. The highest BCUT2D eigenvalue weighted by Gasteiger charge is 2.14. The smallest absolute Gasteiger partial charge is 0.134 e. The summed E-state index contributed by atoms with van der Waals surface area (Å²) >= 11 is 5.66. The predicted octanol–water partition coefficient (Wildman–Crippen LogP) is 4.55.